The highest BCUT2D eigenvalue weighted by atomic mass is 35.5. The monoisotopic (exact) mass is 307 g/mol. The molecule has 0 fully saturated rings. The second-order valence-corrected chi connectivity index (χ2v) is 5.32. The first-order valence-corrected chi connectivity index (χ1v) is 7.40. The number of benzene rings is 1. The predicted molar refractivity (Wildman–Crippen MR) is 83.9 cm³/mol. The molecule has 1 aromatic heterocycles. The minimum Gasteiger partial charge on any atom is -0.386 e. The zero-order chi connectivity index (χ0) is 14.4. The molecule has 2 aromatic rings. The Morgan fingerprint density at radius 2 is 2.10 bits per heavy atom. The lowest BCUT2D eigenvalue weighted by Crippen LogP contribution is -2.22. The molecule has 4 nitrogen and oxygen atoms in total. The second kappa shape index (κ2) is 7.07. The van der Waals surface area contributed by atoms with E-state index >= 15 is 0 Å². The third-order valence-corrected chi connectivity index (χ3v) is 3.70. The van der Waals surface area contributed by atoms with E-state index in [9.17, 15) is 4.79 Å². The predicted octanol–water partition coefficient (Wildman–Crippen LogP) is 2.91. The van der Waals surface area contributed by atoms with Crippen molar-refractivity contribution in [1.29, 1.82) is 0 Å². The van der Waals surface area contributed by atoms with Crippen molar-refractivity contribution in [3.8, 4) is 0 Å². The lowest BCUT2D eigenvalue weighted by atomic mass is 10.1. The maximum atomic E-state index is 12.2. The van der Waals surface area contributed by atoms with Gasteiger partial charge in [-0.05, 0) is 23.6 Å². The maximum Gasteiger partial charge on any atom is 0.253 e. The van der Waals surface area contributed by atoms with Crippen molar-refractivity contribution in [2.75, 3.05) is 5.88 Å². The molecule has 0 radical (unpaired) electrons. The van der Waals surface area contributed by atoms with E-state index < -0.39 is 0 Å². The van der Waals surface area contributed by atoms with Crippen LogP contribution in [0, 0.1) is 0 Å². The van der Waals surface area contributed by atoms with E-state index in [1.165, 1.54) is 0 Å². The van der Waals surface area contributed by atoms with Crippen LogP contribution in [0.2, 0.25) is 0 Å². The Bertz CT molecular complexity index is 611. The number of para-hydroxylation sites is 1. The molecular formula is C14H14ClN3OS. The third-order valence-electron chi connectivity index (χ3n) is 2.55. The molecule has 0 saturated carbocycles. The molecule has 0 aliphatic carbocycles. The Balaban J connectivity index is 2.13. The van der Waals surface area contributed by atoms with Gasteiger partial charge in [0.1, 0.15) is 5.84 Å². The summed E-state index contributed by atoms with van der Waals surface area (Å²) >= 11 is 7.21. The van der Waals surface area contributed by atoms with Gasteiger partial charge in [0, 0.05) is 4.88 Å². The van der Waals surface area contributed by atoms with Gasteiger partial charge in [0.05, 0.1) is 23.7 Å². The quantitative estimate of drug-likeness (QED) is 0.506. The molecule has 0 aliphatic rings. The summed E-state index contributed by atoms with van der Waals surface area (Å²) in [5.41, 5.74) is 6.62. The lowest BCUT2D eigenvalue weighted by Gasteiger charge is -2.07. The van der Waals surface area contributed by atoms with Crippen molar-refractivity contribution >= 4 is 40.4 Å². The standard InChI is InChI=1S/C14H14ClN3OS/c15-8-13(16)18-12-6-2-1-5-11(12)14(19)17-9-10-4-3-7-20-10/h1-7H,8-9H2,(H2,16,18)(H,17,19). The van der Waals surface area contributed by atoms with Crippen LogP contribution in [0.1, 0.15) is 15.2 Å². The van der Waals surface area contributed by atoms with Crippen LogP contribution in [0.25, 0.3) is 0 Å². The summed E-state index contributed by atoms with van der Waals surface area (Å²) in [4.78, 5) is 17.4. The number of alkyl halides is 1. The highest BCUT2D eigenvalue weighted by Gasteiger charge is 2.10. The highest BCUT2D eigenvalue weighted by molar-refractivity contribution is 7.09. The zero-order valence-electron chi connectivity index (χ0n) is 10.7. The summed E-state index contributed by atoms with van der Waals surface area (Å²) in [6, 6.07) is 11.0. The number of carbonyl (C=O) groups is 1. The highest BCUT2D eigenvalue weighted by Crippen LogP contribution is 2.19. The first kappa shape index (κ1) is 14.6. The molecule has 1 heterocycles. The molecule has 0 atom stereocenters. The number of aliphatic imine (C=N–C) groups is 1. The molecule has 0 spiro atoms. The van der Waals surface area contributed by atoms with Crippen LogP contribution >= 0.6 is 22.9 Å². The molecule has 104 valence electrons. The minimum atomic E-state index is -0.180. The molecule has 3 N–H and O–H groups in total. The second-order valence-electron chi connectivity index (χ2n) is 4.02. The molecule has 0 bridgehead atoms. The van der Waals surface area contributed by atoms with Crippen LogP contribution in [-0.4, -0.2) is 17.6 Å². The third kappa shape index (κ3) is 3.82. The Hall–Kier alpha value is -1.85. The van der Waals surface area contributed by atoms with Gasteiger partial charge in [-0.15, -0.1) is 22.9 Å². The maximum absolute atomic E-state index is 12.2. The first-order chi connectivity index (χ1) is 9.70. The minimum absolute atomic E-state index is 0.130. The molecule has 1 amide bonds. The van der Waals surface area contributed by atoms with Crippen molar-refractivity contribution < 1.29 is 4.79 Å². The average Bonchev–Trinajstić information content (AvgIpc) is 2.98. The molecular weight excluding hydrogens is 294 g/mol. The molecule has 0 unspecified atom stereocenters. The number of carbonyl (C=O) groups excluding carboxylic acids is 1. The number of amides is 1. The lowest BCUT2D eigenvalue weighted by molar-refractivity contribution is 0.0952. The van der Waals surface area contributed by atoms with Gasteiger partial charge in [-0.2, -0.15) is 0 Å². The Morgan fingerprint density at radius 1 is 1.30 bits per heavy atom. The van der Waals surface area contributed by atoms with Gasteiger partial charge in [-0.3, -0.25) is 4.79 Å². The summed E-state index contributed by atoms with van der Waals surface area (Å²) in [6.07, 6.45) is 0. The largest absolute Gasteiger partial charge is 0.386 e. The number of rotatable bonds is 5. The van der Waals surface area contributed by atoms with Crippen molar-refractivity contribution in [2.24, 2.45) is 10.7 Å². The van der Waals surface area contributed by atoms with Gasteiger partial charge < -0.3 is 11.1 Å². The van der Waals surface area contributed by atoms with Crippen LogP contribution in [0.5, 0.6) is 0 Å². The molecule has 0 aliphatic heterocycles. The van der Waals surface area contributed by atoms with E-state index in [0.717, 1.165) is 4.88 Å². The summed E-state index contributed by atoms with van der Waals surface area (Å²) in [5.74, 6) is 0.232. The Morgan fingerprint density at radius 3 is 2.80 bits per heavy atom. The normalized spacial score (nSPS) is 11.3. The smallest absolute Gasteiger partial charge is 0.253 e. The Kier molecular flexibility index (Phi) is 5.15. The van der Waals surface area contributed by atoms with Crippen molar-refractivity contribution in [3.63, 3.8) is 0 Å². The van der Waals surface area contributed by atoms with Gasteiger partial charge >= 0.3 is 0 Å². The number of halogens is 1. The summed E-state index contributed by atoms with van der Waals surface area (Å²) in [7, 11) is 0. The average molecular weight is 308 g/mol. The fourth-order valence-electron chi connectivity index (χ4n) is 1.62. The number of thiophene rings is 1. The number of nitrogens with two attached hydrogens (primary N) is 1. The first-order valence-electron chi connectivity index (χ1n) is 5.99. The van der Waals surface area contributed by atoms with Crippen LogP contribution < -0.4 is 11.1 Å². The van der Waals surface area contributed by atoms with Crippen LogP contribution in [0.15, 0.2) is 46.8 Å². The van der Waals surface area contributed by atoms with Gasteiger partial charge in [0.25, 0.3) is 5.91 Å². The fourth-order valence-corrected chi connectivity index (χ4v) is 2.33. The van der Waals surface area contributed by atoms with Gasteiger partial charge in [0.15, 0.2) is 0 Å². The van der Waals surface area contributed by atoms with Crippen molar-refractivity contribution in [1.82, 2.24) is 5.32 Å². The number of nitrogens with one attached hydrogen (secondary N) is 1. The summed E-state index contributed by atoms with van der Waals surface area (Å²) in [5, 5.41) is 4.83. The topological polar surface area (TPSA) is 67.5 Å². The fraction of sp³-hybridized carbons (Fsp3) is 0.143. The van der Waals surface area contributed by atoms with E-state index in [-0.39, 0.29) is 17.6 Å². The molecule has 0 saturated heterocycles. The van der Waals surface area contributed by atoms with E-state index in [1.54, 1.807) is 35.6 Å². The van der Waals surface area contributed by atoms with Gasteiger partial charge in [0.2, 0.25) is 0 Å². The van der Waals surface area contributed by atoms with Crippen molar-refractivity contribution in [3.05, 3.63) is 52.2 Å². The van der Waals surface area contributed by atoms with Crippen LogP contribution in [0.3, 0.4) is 0 Å². The molecule has 6 heteroatoms. The summed E-state index contributed by atoms with van der Waals surface area (Å²) < 4.78 is 0. The van der Waals surface area contributed by atoms with Crippen LogP contribution in [0.4, 0.5) is 5.69 Å². The van der Waals surface area contributed by atoms with E-state index in [1.807, 2.05) is 17.5 Å². The Labute approximate surface area is 126 Å². The van der Waals surface area contributed by atoms with E-state index in [2.05, 4.69) is 10.3 Å². The number of amidine groups is 1. The van der Waals surface area contributed by atoms with Crippen molar-refractivity contribution in [2.45, 2.75) is 6.54 Å². The number of nitrogens with zero attached hydrogens (tertiary/aromatic N) is 1. The van der Waals surface area contributed by atoms with Gasteiger partial charge in [-0.25, -0.2) is 4.99 Å². The molecule has 20 heavy (non-hydrogen) atoms. The van der Waals surface area contributed by atoms with E-state index in [0.29, 0.717) is 17.8 Å². The zero-order valence-corrected chi connectivity index (χ0v) is 12.2. The molecule has 2 rings (SSSR count). The van der Waals surface area contributed by atoms with E-state index in [4.69, 9.17) is 17.3 Å². The number of hydrogen-bond donors (Lipinski definition) is 2. The summed E-state index contributed by atoms with van der Waals surface area (Å²) in [6.45, 7) is 0.500. The van der Waals surface area contributed by atoms with Gasteiger partial charge in [-0.1, -0.05) is 18.2 Å². The van der Waals surface area contributed by atoms with Crippen LogP contribution in [-0.2, 0) is 6.54 Å². The molecule has 1 aromatic carbocycles. The SMILES string of the molecule is NC(CCl)=Nc1ccccc1C(=O)NCc1cccs1. The number of hydrogen-bond acceptors (Lipinski definition) is 3.